The Morgan fingerprint density at radius 2 is 1.60 bits per heavy atom. The Bertz CT molecular complexity index is 225. The van der Waals surface area contributed by atoms with Gasteiger partial charge < -0.3 is 14.8 Å². The number of rotatable bonds is 11. The molecule has 0 radical (unpaired) electrons. The van der Waals surface area contributed by atoms with E-state index in [1.165, 1.54) is 38.8 Å². The molecule has 0 saturated carbocycles. The Morgan fingerprint density at radius 1 is 1.00 bits per heavy atom. The zero-order valence-corrected chi connectivity index (χ0v) is 13.9. The van der Waals surface area contributed by atoms with Crippen LogP contribution in [-0.4, -0.2) is 64.1 Å². The first-order chi connectivity index (χ1) is 9.67. The largest absolute Gasteiger partial charge is 0.377 e. The average molecular weight is 286 g/mol. The third kappa shape index (κ3) is 7.02. The molecule has 120 valence electrons. The summed E-state index contributed by atoms with van der Waals surface area (Å²) in [6.07, 6.45) is 5.75. The maximum absolute atomic E-state index is 5.46. The highest BCUT2D eigenvalue weighted by Crippen LogP contribution is 2.16. The quantitative estimate of drug-likeness (QED) is 0.590. The van der Waals surface area contributed by atoms with Gasteiger partial charge in [0.15, 0.2) is 0 Å². The van der Waals surface area contributed by atoms with E-state index >= 15 is 0 Å². The summed E-state index contributed by atoms with van der Waals surface area (Å²) in [7, 11) is 3.56. The molecule has 1 heterocycles. The van der Waals surface area contributed by atoms with Crippen LogP contribution in [0.15, 0.2) is 0 Å². The van der Waals surface area contributed by atoms with E-state index in [4.69, 9.17) is 9.47 Å². The number of methoxy groups -OCH3 is 2. The van der Waals surface area contributed by atoms with Crippen molar-refractivity contribution in [1.29, 1.82) is 0 Å². The van der Waals surface area contributed by atoms with Crippen molar-refractivity contribution in [2.75, 3.05) is 46.9 Å². The molecule has 0 aromatic carbocycles. The van der Waals surface area contributed by atoms with Crippen molar-refractivity contribution in [1.82, 2.24) is 10.2 Å². The minimum absolute atomic E-state index is 0.250. The van der Waals surface area contributed by atoms with Gasteiger partial charge in [-0.1, -0.05) is 26.7 Å². The second-order valence-corrected chi connectivity index (χ2v) is 6.32. The lowest BCUT2D eigenvalue weighted by Crippen LogP contribution is -2.27. The summed E-state index contributed by atoms with van der Waals surface area (Å²) in [4.78, 5) is 2.47. The number of nitrogens with one attached hydrogen (secondary N) is 1. The molecule has 20 heavy (non-hydrogen) atoms. The van der Waals surface area contributed by atoms with Gasteiger partial charge in [-0.05, 0) is 38.4 Å². The molecule has 4 heteroatoms. The molecule has 1 N–H and O–H groups in total. The minimum Gasteiger partial charge on any atom is -0.377 e. The summed E-state index contributed by atoms with van der Waals surface area (Å²) in [5.74, 6) is 0.757. The van der Waals surface area contributed by atoms with E-state index in [0.717, 1.165) is 25.6 Å². The predicted octanol–water partition coefficient (Wildman–Crippen LogP) is 2.14. The number of hydrogen-bond donors (Lipinski definition) is 1. The number of likely N-dealkylation sites (tertiary alicyclic amines) is 1. The Labute approximate surface area is 125 Å². The van der Waals surface area contributed by atoms with Gasteiger partial charge in [-0.15, -0.1) is 0 Å². The molecule has 2 atom stereocenters. The lowest BCUT2D eigenvalue weighted by Gasteiger charge is -2.14. The predicted molar refractivity (Wildman–Crippen MR) is 84.2 cm³/mol. The van der Waals surface area contributed by atoms with Crippen LogP contribution in [0.1, 0.15) is 39.5 Å². The van der Waals surface area contributed by atoms with Gasteiger partial charge in [0, 0.05) is 27.3 Å². The zero-order chi connectivity index (χ0) is 14.8. The molecule has 0 amide bonds. The summed E-state index contributed by atoms with van der Waals surface area (Å²) < 4.78 is 10.9. The first-order valence-corrected chi connectivity index (χ1v) is 8.16. The highest BCUT2D eigenvalue weighted by atomic mass is 16.5. The van der Waals surface area contributed by atoms with Crippen LogP contribution in [0.3, 0.4) is 0 Å². The molecule has 1 aliphatic heterocycles. The van der Waals surface area contributed by atoms with Crippen molar-refractivity contribution in [2.45, 2.75) is 51.7 Å². The van der Waals surface area contributed by atoms with Crippen molar-refractivity contribution >= 4 is 0 Å². The highest BCUT2D eigenvalue weighted by molar-refractivity contribution is 4.85. The molecule has 1 fully saturated rings. The van der Waals surface area contributed by atoms with Crippen LogP contribution in [0.5, 0.6) is 0 Å². The fourth-order valence-electron chi connectivity index (χ4n) is 2.78. The van der Waals surface area contributed by atoms with Crippen molar-refractivity contribution < 1.29 is 9.47 Å². The third-order valence-electron chi connectivity index (χ3n) is 4.03. The van der Waals surface area contributed by atoms with E-state index in [9.17, 15) is 0 Å². The summed E-state index contributed by atoms with van der Waals surface area (Å²) in [6, 6.07) is 0. The van der Waals surface area contributed by atoms with Gasteiger partial charge in [-0.25, -0.2) is 0 Å². The van der Waals surface area contributed by atoms with E-state index in [2.05, 4.69) is 24.1 Å². The first-order valence-electron chi connectivity index (χ1n) is 8.16. The van der Waals surface area contributed by atoms with E-state index in [0.29, 0.717) is 0 Å². The molecule has 0 aliphatic carbocycles. The van der Waals surface area contributed by atoms with Crippen LogP contribution in [0, 0.1) is 5.92 Å². The normalized spacial score (nSPS) is 23.9. The molecule has 0 bridgehead atoms. The lowest BCUT2D eigenvalue weighted by atomic mass is 10.2. The third-order valence-corrected chi connectivity index (χ3v) is 4.03. The van der Waals surface area contributed by atoms with E-state index in [-0.39, 0.29) is 12.2 Å². The number of hydrogen-bond acceptors (Lipinski definition) is 4. The minimum atomic E-state index is 0.250. The van der Waals surface area contributed by atoms with E-state index < -0.39 is 0 Å². The summed E-state index contributed by atoms with van der Waals surface area (Å²) in [6.45, 7) is 10.0. The number of ether oxygens (including phenoxy) is 2. The molecule has 1 rings (SSSR count). The highest BCUT2D eigenvalue weighted by Gasteiger charge is 2.32. The SMILES string of the molecule is COC1CN(CCCCCCNCC(C)C)CC1OC. The Hall–Kier alpha value is -0.160. The maximum Gasteiger partial charge on any atom is 0.0971 e. The van der Waals surface area contributed by atoms with Crippen molar-refractivity contribution in [3.63, 3.8) is 0 Å². The topological polar surface area (TPSA) is 33.7 Å². The van der Waals surface area contributed by atoms with Gasteiger partial charge in [0.1, 0.15) is 0 Å². The van der Waals surface area contributed by atoms with Crippen LogP contribution in [0.2, 0.25) is 0 Å². The van der Waals surface area contributed by atoms with Crippen molar-refractivity contribution in [2.24, 2.45) is 5.92 Å². The molecule has 2 unspecified atom stereocenters. The van der Waals surface area contributed by atoms with Crippen LogP contribution < -0.4 is 5.32 Å². The maximum atomic E-state index is 5.46. The molecule has 0 spiro atoms. The van der Waals surface area contributed by atoms with Gasteiger partial charge in [-0.3, -0.25) is 4.90 Å². The van der Waals surface area contributed by atoms with Crippen molar-refractivity contribution in [3.8, 4) is 0 Å². The first kappa shape index (κ1) is 17.9. The van der Waals surface area contributed by atoms with Crippen LogP contribution >= 0.6 is 0 Å². The van der Waals surface area contributed by atoms with Crippen molar-refractivity contribution in [3.05, 3.63) is 0 Å². The molecule has 0 aromatic heterocycles. The van der Waals surface area contributed by atoms with Gasteiger partial charge in [-0.2, -0.15) is 0 Å². The van der Waals surface area contributed by atoms with Gasteiger partial charge in [0.2, 0.25) is 0 Å². The Balaban J connectivity index is 1.94. The smallest absolute Gasteiger partial charge is 0.0971 e. The standard InChI is InChI=1S/C16H34N2O2/c1-14(2)11-17-9-7-5-6-8-10-18-12-15(19-3)16(13-18)20-4/h14-17H,5-13H2,1-4H3. The molecular weight excluding hydrogens is 252 g/mol. The van der Waals surface area contributed by atoms with Crippen LogP contribution in [0.4, 0.5) is 0 Å². The fraction of sp³-hybridized carbons (Fsp3) is 1.00. The summed E-state index contributed by atoms with van der Waals surface area (Å²) >= 11 is 0. The second-order valence-electron chi connectivity index (χ2n) is 6.32. The zero-order valence-electron chi connectivity index (χ0n) is 13.9. The Morgan fingerprint density at radius 3 is 2.15 bits per heavy atom. The molecule has 4 nitrogen and oxygen atoms in total. The molecular formula is C16H34N2O2. The van der Waals surface area contributed by atoms with Gasteiger partial charge in [0.25, 0.3) is 0 Å². The van der Waals surface area contributed by atoms with Crippen LogP contribution in [0.25, 0.3) is 0 Å². The molecule has 0 aromatic rings. The fourth-order valence-corrected chi connectivity index (χ4v) is 2.78. The monoisotopic (exact) mass is 286 g/mol. The molecule has 1 saturated heterocycles. The summed E-state index contributed by atoms with van der Waals surface area (Å²) in [5, 5.41) is 3.50. The number of unbranched alkanes of at least 4 members (excludes halogenated alkanes) is 3. The van der Waals surface area contributed by atoms with E-state index in [1.807, 2.05) is 0 Å². The second kappa shape index (κ2) is 10.6. The molecule has 1 aliphatic rings. The number of nitrogens with zero attached hydrogens (tertiary/aromatic N) is 1. The van der Waals surface area contributed by atoms with Crippen LogP contribution in [-0.2, 0) is 9.47 Å². The van der Waals surface area contributed by atoms with E-state index in [1.54, 1.807) is 14.2 Å². The summed E-state index contributed by atoms with van der Waals surface area (Å²) in [5.41, 5.74) is 0. The Kier molecular flexibility index (Phi) is 9.44. The van der Waals surface area contributed by atoms with Gasteiger partial charge >= 0.3 is 0 Å². The lowest BCUT2D eigenvalue weighted by molar-refractivity contribution is -0.00461. The van der Waals surface area contributed by atoms with Gasteiger partial charge in [0.05, 0.1) is 12.2 Å². The average Bonchev–Trinajstić information content (AvgIpc) is 2.83.